The van der Waals surface area contributed by atoms with E-state index in [4.69, 9.17) is 0 Å². The number of hydrogen-bond acceptors (Lipinski definition) is 1. The minimum Gasteiger partial charge on any atom is -0.388 e. The van der Waals surface area contributed by atoms with Gasteiger partial charge in [0.05, 0.1) is 6.10 Å². The van der Waals surface area contributed by atoms with Gasteiger partial charge in [-0.3, -0.25) is 0 Å². The first kappa shape index (κ1) is 10.3. The number of rotatable bonds is 2. The summed E-state index contributed by atoms with van der Waals surface area (Å²) >= 11 is 0. The number of aliphatic hydroxyl groups is 1. The molecule has 16 heavy (non-hydrogen) atoms. The van der Waals surface area contributed by atoms with Crippen molar-refractivity contribution in [2.45, 2.75) is 38.7 Å². The Kier molecular flexibility index (Phi) is 2.32. The molecule has 4 atom stereocenters. The van der Waals surface area contributed by atoms with E-state index in [1.807, 2.05) is 18.2 Å². The Morgan fingerprint density at radius 1 is 1.25 bits per heavy atom. The van der Waals surface area contributed by atoms with Crippen LogP contribution in [-0.2, 0) is 0 Å². The Morgan fingerprint density at radius 2 is 2.00 bits per heavy atom. The Labute approximate surface area is 97.5 Å². The van der Waals surface area contributed by atoms with Crippen molar-refractivity contribution in [3.63, 3.8) is 0 Å². The molecule has 1 heteroatoms. The summed E-state index contributed by atoms with van der Waals surface area (Å²) in [5, 5.41) is 10.6. The van der Waals surface area contributed by atoms with Crippen LogP contribution in [0.4, 0.5) is 0 Å². The fourth-order valence-electron chi connectivity index (χ4n) is 4.00. The second-order valence-electron chi connectivity index (χ2n) is 5.90. The third-order valence-corrected chi connectivity index (χ3v) is 4.94. The standard InChI is InChI=1S/C15H20O/c1-15(10-11-7-8-13(15)9-11)14(16)12-5-3-2-4-6-12/h2-6,11,13-14,16H,7-10H2,1H3/t11-,13+,14?,15-/m1/s1. The van der Waals surface area contributed by atoms with Crippen molar-refractivity contribution in [2.75, 3.05) is 0 Å². The van der Waals surface area contributed by atoms with Gasteiger partial charge in [-0.05, 0) is 36.7 Å². The molecule has 0 amide bonds. The van der Waals surface area contributed by atoms with Crippen molar-refractivity contribution in [1.29, 1.82) is 0 Å². The molecule has 0 radical (unpaired) electrons. The SMILES string of the molecule is C[C@@]1(C(O)c2ccccc2)C[C@@H]2CC[C@H]1C2. The number of hydrogen-bond donors (Lipinski definition) is 1. The van der Waals surface area contributed by atoms with Gasteiger partial charge in [0.25, 0.3) is 0 Å². The second kappa shape index (κ2) is 3.59. The highest BCUT2D eigenvalue weighted by Crippen LogP contribution is 2.60. The maximum absolute atomic E-state index is 10.6. The van der Waals surface area contributed by atoms with Gasteiger partial charge in [0.15, 0.2) is 0 Å². The average Bonchev–Trinajstić information content (AvgIpc) is 2.89. The molecule has 0 saturated heterocycles. The van der Waals surface area contributed by atoms with Gasteiger partial charge in [-0.1, -0.05) is 43.7 Å². The van der Waals surface area contributed by atoms with Crippen LogP contribution in [0.1, 0.15) is 44.3 Å². The highest BCUT2D eigenvalue weighted by Gasteiger charge is 2.51. The topological polar surface area (TPSA) is 20.2 Å². The van der Waals surface area contributed by atoms with Gasteiger partial charge >= 0.3 is 0 Å². The van der Waals surface area contributed by atoms with Crippen molar-refractivity contribution >= 4 is 0 Å². The molecular formula is C15H20O. The van der Waals surface area contributed by atoms with Crippen molar-refractivity contribution in [3.8, 4) is 0 Å². The van der Waals surface area contributed by atoms with E-state index < -0.39 is 0 Å². The molecule has 2 aliphatic carbocycles. The second-order valence-corrected chi connectivity index (χ2v) is 5.90. The van der Waals surface area contributed by atoms with Gasteiger partial charge in [0, 0.05) is 5.41 Å². The fraction of sp³-hybridized carbons (Fsp3) is 0.600. The predicted molar refractivity (Wildman–Crippen MR) is 65.0 cm³/mol. The van der Waals surface area contributed by atoms with Crippen LogP contribution in [0.5, 0.6) is 0 Å². The maximum Gasteiger partial charge on any atom is 0.0846 e. The molecule has 0 spiro atoms. The molecule has 0 aromatic heterocycles. The first-order valence-corrected chi connectivity index (χ1v) is 6.43. The van der Waals surface area contributed by atoms with Gasteiger partial charge in [0.1, 0.15) is 0 Å². The smallest absolute Gasteiger partial charge is 0.0846 e. The quantitative estimate of drug-likeness (QED) is 0.801. The van der Waals surface area contributed by atoms with E-state index in [0.717, 1.165) is 17.4 Å². The van der Waals surface area contributed by atoms with Crippen molar-refractivity contribution < 1.29 is 5.11 Å². The molecule has 2 bridgehead atoms. The third-order valence-electron chi connectivity index (χ3n) is 4.94. The molecule has 2 aliphatic rings. The first-order valence-electron chi connectivity index (χ1n) is 6.43. The number of fused-ring (bicyclic) bond motifs is 2. The molecule has 86 valence electrons. The molecule has 3 rings (SSSR count). The van der Waals surface area contributed by atoms with Crippen molar-refractivity contribution in [3.05, 3.63) is 35.9 Å². The lowest BCUT2D eigenvalue weighted by Crippen LogP contribution is -2.31. The zero-order chi connectivity index (χ0) is 11.2. The van der Waals surface area contributed by atoms with Crippen LogP contribution in [0.2, 0.25) is 0 Å². The van der Waals surface area contributed by atoms with Crippen LogP contribution < -0.4 is 0 Å². The molecule has 0 aliphatic heterocycles. The lowest BCUT2D eigenvalue weighted by Gasteiger charge is -2.38. The Hall–Kier alpha value is -0.820. The molecule has 1 aromatic rings. The van der Waals surface area contributed by atoms with E-state index in [0.29, 0.717) is 0 Å². The maximum atomic E-state index is 10.6. The van der Waals surface area contributed by atoms with Crippen LogP contribution in [0.3, 0.4) is 0 Å². The monoisotopic (exact) mass is 216 g/mol. The van der Waals surface area contributed by atoms with Gasteiger partial charge < -0.3 is 5.11 Å². The van der Waals surface area contributed by atoms with Gasteiger partial charge in [-0.25, -0.2) is 0 Å². The van der Waals surface area contributed by atoms with Crippen molar-refractivity contribution in [1.82, 2.24) is 0 Å². The third kappa shape index (κ3) is 1.41. The molecule has 1 unspecified atom stereocenters. The highest BCUT2D eigenvalue weighted by atomic mass is 16.3. The zero-order valence-corrected chi connectivity index (χ0v) is 9.89. The molecule has 1 nitrogen and oxygen atoms in total. The van der Waals surface area contributed by atoms with Crippen LogP contribution in [0, 0.1) is 17.3 Å². The molecular weight excluding hydrogens is 196 g/mol. The van der Waals surface area contributed by atoms with E-state index in [9.17, 15) is 5.11 Å². The van der Waals surface area contributed by atoms with E-state index in [1.54, 1.807) is 0 Å². The largest absolute Gasteiger partial charge is 0.388 e. The van der Waals surface area contributed by atoms with Crippen LogP contribution in [0.25, 0.3) is 0 Å². The Bertz CT molecular complexity index is 372. The van der Waals surface area contributed by atoms with E-state index in [2.05, 4.69) is 19.1 Å². The number of aliphatic hydroxyl groups excluding tert-OH is 1. The summed E-state index contributed by atoms with van der Waals surface area (Å²) in [5.74, 6) is 1.63. The van der Waals surface area contributed by atoms with Crippen LogP contribution in [0.15, 0.2) is 30.3 Å². The van der Waals surface area contributed by atoms with E-state index in [-0.39, 0.29) is 11.5 Å². The Balaban J connectivity index is 1.88. The first-order chi connectivity index (χ1) is 7.70. The molecule has 2 saturated carbocycles. The highest BCUT2D eigenvalue weighted by molar-refractivity contribution is 5.21. The molecule has 1 aromatic carbocycles. The van der Waals surface area contributed by atoms with Crippen molar-refractivity contribution in [2.24, 2.45) is 17.3 Å². The Morgan fingerprint density at radius 3 is 2.56 bits per heavy atom. The lowest BCUT2D eigenvalue weighted by molar-refractivity contribution is -0.00542. The molecule has 0 heterocycles. The molecule has 2 fully saturated rings. The zero-order valence-electron chi connectivity index (χ0n) is 9.89. The van der Waals surface area contributed by atoms with Gasteiger partial charge in [-0.2, -0.15) is 0 Å². The number of benzene rings is 1. The fourth-order valence-corrected chi connectivity index (χ4v) is 4.00. The van der Waals surface area contributed by atoms with E-state index in [1.165, 1.54) is 25.7 Å². The lowest BCUT2D eigenvalue weighted by atomic mass is 9.69. The minimum absolute atomic E-state index is 0.129. The summed E-state index contributed by atoms with van der Waals surface area (Å²) in [6.07, 6.45) is 5.00. The summed E-state index contributed by atoms with van der Waals surface area (Å²) in [7, 11) is 0. The summed E-state index contributed by atoms with van der Waals surface area (Å²) in [5.41, 5.74) is 1.22. The van der Waals surface area contributed by atoms with Gasteiger partial charge in [0.2, 0.25) is 0 Å². The molecule has 1 N–H and O–H groups in total. The average molecular weight is 216 g/mol. The summed E-state index contributed by atoms with van der Waals surface area (Å²) < 4.78 is 0. The normalized spacial score (nSPS) is 38.9. The minimum atomic E-state index is -0.274. The van der Waals surface area contributed by atoms with Crippen LogP contribution in [-0.4, -0.2) is 5.11 Å². The van der Waals surface area contributed by atoms with E-state index >= 15 is 0 Å². The summed E-state index contributed by atoms with van der Waals surface area (Å²) in [6.45, 7) is 2.29. The summed E-state index contributed by atoms with van der Waals surface area (Å²) in [6, 6.07) is 10.2. The van der Waals surface area contributed by atoms with Crippen LogP contribution >= 0.6 is 0 Å². The predicted octanol–water partition coefficient (Wildman–Crippen LogP) is 3.55. The summed E-state index contributed by atoms with van der Waals surface area (Å²) in [4.78, 5) is 0. The van der Waals surface area contributed by atoms with Gasteiger partial charge in [-0.15, -0.1) is 0 Å².